The van der Waals surface area contributed by atoms with Gasteiger partial charge in [0.05, 0.1) is 15.0 Å². The van der Waals surface area contributed by atoms with E-state index in [0.717, 1.165) is 25.8 Å². The number of benzene rings is 1. The van der Waals surface area contributed by atoms with Crippen LogP contribution in [0.3, 0.4) is 0 Å². The normalized spacial score (nSPS) is 12.9. The average Bonchev–Trinajstić information content (AvgIpc) is 2.79. The number of aryl methyl sites for hydroxylation is 2. The molecule has 6 heteroatoms. The number of hydrogen-bond donors (Lipinski definition) is 1. The highest BCUT2D eigenvalue weighted by Gasteiger charge is 2.20. The number of nitrogens with zero attached hydrogens (tertiary/aromatic N) is 1. The van der Waals surface area contributed by atoms with Crippen LogP contribution in [-0.4, -0.2) is 15.7 Å². The van der Waals surface area contributed by atoms with Gasteiger partial charge in [0.2, 0.25) is 5.91 Å². The van der Waals surface area contributed by atoms with Crippen LogP contribution >= 0.6 is 43.2 Å². The van der Waals surface area contributed by atoms with Gasteiger partial charge in [-0.1, -0.05) is 57.0 Å². The highest BCUT2D eigenvalue weighted by Crippen LogP contribution is 2.35. The molecule has 0 bridgehead atoms. The molecule has 2 rings (SSSR count). The van der Waals surface area contributed by atoms with Crippen molar-refractivity contribution in [3.05, 3.63) is 21.7 Å². The van der Waals surface area contributed by atoms with Crippen LogP contribution in [0.25, 0.3) is 10.2 Å². The number of rotatable bonds is 3. The van der Waals surface area contributed by atoms with Gasteiger partial charge in [0, 0.05) is 4.47 Å². The molecule has 1 heterocycles. The molecule has 20 heavy (non-hydrogen) atoms. The highest BCUT2D eigenvalue weighted by atomic mass is 79.9. The van der Waals surface area contributed by atoms with Gasteiger partial charge in [-0.05, 0) is 37.0 Å². The van der Waals surface area contributed by atoms with E-state index in [1.54, 1.807) is 0 Å². The highest BCUT2D eigenvalue weighted by molar-refractivity contribution is 9.10. The summed E-state index contributed by atoms with van der Waals surface area (Å²) in [6.45, 7) is 8.09. The Morgan fingerprint density at radius 2 is 2.05 bits per heavy atom. The number of carbonyl (C=O) groups is 1. The summed E-state index contributed by atoms with van der Waals surface area (Å²) in [4.78, 5) is 16.4. The van der Waals surface area contributed by atoms with Crippen LogP contribution in [0.4, 0.5) is 5.13 Å². The van der Waals surface area contributed by atoms with E-state index in [1.165, 1.54) is 11.3 Å². The number of halogens is 2. The Hall–Kier alpha value is -0.460. The summed E-state index contributed by atoms with van der Waals surface area (Å²) in [6.07, 6.45) is 0. The van der Waals surface area contributed by atoms with E-state index in [1.807, 2.05) is 20.8 Å². The van der Waals surface area contributed by atoms with Gasteiger partial charge < -0.3 is 5.32 Å². The molecule has 1 atom stereocenters. The number of anilines is 1. The summed E-state index contributed by atoms with van der Waals surface area (Å²) >= 11 is 8.48. The van der Waals surface area contributed by atoms with Crippen LogP contribution in [0.1, 0.15) is 25.0 Å². The summed E-state index contributed by atoms with van der Waals surface area (Å²) < 4.78 is 2.19. The Kier molecular flexibility index (Phi) is 4.87. The molecule has 0 spiro atoms. The van der Waals surface area contributed by atoms with Crippen molar-refractivity contribution in [1.29, 1.82) is 0 Å². The van der Waals surface area contributed by atoms with Crippen LogP contribution in [-0.2, 0) is 4.79 Å². The summed E-state index contributed by atoms with van der Waals surface area (Å²) in [6, 6.07) is 2.06. The minimum absolute atomic E-state index is 0.0478. The maximum atomic E-state index is 12.1. The SMILES string of the molecule is Cc1cc(Br)c(C)c2sc(NC(=O)C(Br)C(C)C)nc12. The van der Waals surface area contributed by atoms with Crippen LogP contribution in [0.5, 0.6) is 0 Å². The Bertz CT molecular complexity index is 667. The minimum atomic E-state index is -0.205. The van der Waals surface area contributed by atoms with Crippen LogP contribution in [0.15, 0.2) is 10.5 Å². The zero-order valence-electron chi connectivity index (χ0n) is 11.8. The first-order valence-corrected chi connectivity index (χ1v) is 8.85. The average molecular weight is 420 g/mol. The fourth-order valence-corrected chi connectivity index (χ4v) is 3.68. The molecule has 0 fully saturated rings. The number of amides is 1. The quantitative estimate of drug-likeness (QED) is 0.708. The summed E-state index contributed by atoms with van der Waals surface area (Å²) in [5.41, 5.74) is 3.22. The first kappa shape index (κ1) is 15.9. The number of alkyl halides is 1. The minimum Gasteiger partial charge on any atom is -0.301 e. The maximum absolute atomic E-state index is 12.1. The molecule has 3 nitrogen and oxygen atoms in total. The molecule has 1 unspecified atom stereocenters. The van der Waals surface area contributed by atoms with Crippen molar-refractivity contribution in [2.24, 2.45) is 5.92 Å². The lowest BCUT2D eigenvalue weighted by Gasteiger charge is -2.11. The van der Waals surface area contributed by atoms with E-state index in [9.17, 15) is 4.79 Å². The predicted molar refractivity (Wildman–Crippen MR) is 93.0 cm³/mol. The Balaban J connectivity index is 2.36. The summed E-state index contributed by atoms with van der Waals surface area (Å²) in [7, 11) is 0. The number of carbonyl (C=O) groups excluding carboxylic acids is 1. The van der Waals surface area contributed by atoms with Gasteiger partial charge in [-0.3, -0.25) is 4.79 Å². The first-order valence-electron chi connectivity index (χ1n) is 6.32. The number of fused-ring (bicyclic) bond motifs is 1. The number of hydrogen-bond acceptors (Lipinski definition) is 3. The monoisotopic (exact) mass is 418 g/mol. The first-order chi connectivity index (χ1) is 9.31. The molecule has 1 aromatic heterocycles. The Morgan fingerprint density at radius 3 is 2.65 bits per heavy atom. The van der Waals surface area contributed by atoms with E-state index in [2.05, 4.69) is 55.2 Å². The van der Waals surface area contributed by atoms with Crippen molar-refractivity contribution >= 4 is 64.5 Å². The summed E-state index contributed by atoms with van der Waals surface area (Å²) in [5.74, 6) is 0.190. The molecule has 1 aromatic carbocycles. The van der Waals surface area contributed by atoms with E-state index in [4.69, 9.17) is 0 Å². The van der Waals surface area contributed by atoms with Gasteiger partial charge in [0.15, 0.2) is 5.13 Å². The standard InChI is InChI=1S/C14H16Br2N2OS/c1-6(2)10(16)13(19)18-14-17-11-7(3)5-9(15)8(4)12(11)20-14/h5-6,10H,1-4H3,(H,17,18,19). The summed E-state index contributed by atoms with van der Waals surface area (Å²) in [5, 5.41) is 3.54. The maximum Gasteiger partial charge on any atom is 0.240 e. The molecule has 1 amide bonds. The second kappa shape index (κ2) is 6.12. The van der Waals surface area contributed by atoms with Gasteiger partial charge in [-0.15, -0.1) is 0 Å². The van der Waals surface area contributed by atoms with Gasteiger partial charge in [0.25, 0.3) is 0 Å². The molecule has 0 saturated heterocycles. The largest absolute Gasteiger partial charge is 0.301 e. The van der Waals surface area contributed by atoms with Crippen LogP contribution < -0.4 is 5.32 Å². The second-order valence-corrected chi connectivity index (χ2v) is 7.97. The smallest absolute Gasteiger partial charge is 0.240 e. The molecular formula is C14H16Br2N2OS. The predicted octanol–water partition coefficient (Wildman–Crippen LogP) is 5.03. The number of nitrogens with one attached hydrogen (secondary N) is 1. The number of aromatic nitrogens is 1. The molecule has 0 radical (unpaired) electrons. The van der Waals surface area contributed by atoms with Crippen molar-refractivity contribution in [2.45, 2.75) is 32.5 Å². The van der Waals surface area contributed by atoms with Crippen molar-refractivity contribution in [3.8, 4) is 0 Å². The van der Waals surface area contributed by atoms with Crippen LogP contribution in [0, 0.1) is 19.8 Å². The van der Waals surface area contributed by atoms with Gasteiger partial charge in [-0.2, -0.15) is 0 Å². The molecule has 0 aliphatic carbocycles. The lowest BCUT2D eigenvalue weighted by atomic mass is 10.1. The second-order valence-electron chi connectivity index (χ2n) is 5.13. The Morgan fingerprint density at radius 1 is 1.40 bits per heavy atom. The zero-order valence-corrected chi connectivity index (χ0v) is 15.7. The third-order valence-electron chi connectivity index (χ3n) is 3.11. The van der Waals surface area contributed by atoms with Gasteiger partial charge in [0.1, 0.15) is 0 Å². The molecule has 0 aliphatic heterocycles. The van der Waals surface area contributed by atoms with E-state index < -0.39 is 0 Å². The molecule has 2 aromatic rings. The van der Waals surface area contributed by atoms with Crippen molar-refractivity contribution < 1.29 is 4.79 Å². The third-order valence-corrected chi connectivity index (χ3v) is 6.50. The lowest BCUT2D eigenvalue weighted by Crippen LogP contribution is -2.26. The fraction of sp³-hybridized carbons (Fsp3) is 0.429. The van der Waals surface area contributed by atoms with E-state index >= 15 is 0 Å². The molecule has 0 aliphatic rings. The number of thiazole rings is 1. The van der Waals surface area contributed by atoms with Crippen LogP contribution in [0.2, 0.25) is 0 Å². The van der Waals surface area contributed by atoms with Crippen molar-refractivity contribution in [2.75, 3.05) is 5.32 Å². The third kappa shape index (κ3) is 3.07. The molecule has 108 valence electrons. The topological polar surface area (TPSA) is 42.0 Å². The lowest BCUT2D eigenvalue weighted by molar-refractivity contribution is -0.116. The molecule has 1 N–H and O–H groups in total. The Labute approximate surface area is 139 Å². The van der Waals surface area contributed by atoms with Crippen molar-refractivity contribution in [1.82, 2.24) is 4.98 Å². The zero-order chi connectivity index (χ0) is 15.0. The van der Waals surface area contributed by atoms with E-state index in [-0.39, 0.29) is 16.7 Å². The van der Waals surface area contributed by atoms with E-state index in [0.29, 0.717) is 5.13 Å². The van der Waals surface area contributed by atoms with Gasteiger partial charge in [-0.25, -0.2) is 4.98 Å². The van der Waals surface area contributed by atoms with Crippen molar-refractivity contribution in [3.63, 3.8) is 0 Å². The molecular weight excluding hydrogens is 404 g/mol. The van der Waals surface area contributed by atoms with Gasteiger partial charge >= 0.3 is 0 Å². The molecule has 0 saturated carbocycles. The fourth-order valence-electron chi connectivity index (χ4n) is 1.85.